The summed E-state index contributed by atoms with van der Waals surface area (Å²) in [4.78, 5) is 0. The molecular weight excluding hydrogens is 100 g/mol. The zero-order valence-corrected chi connectivity index (χ0v) is 3.62. The van der Waals surface area contributed by atoms with Crippen LogP contribution in [0, 0.1) is 0 Å². The molecule has 0 nitrogen and oxygen atoms in total. The van der Waals surface area contributed by atoms with Crippen LogP contribution in [-0.4, -0.2) is 14.1 Å². The van der Waals surface area contributed by atoms with E-state index < -0.39 is 14.1 Å². The molecule has 0 unspecified atom stereocenters. The molecule has 0 aromatic carbocycles. The molecule has 0 spiro atoms. The van der Waals surface area contributed by atoms with Crippen molar-refractivity contribution in [2.24, 2.45) is 0 Å². The topological polar surface area (TPSA) is 0 Å². The summed E-state index contributed by atoms with van der Waals surface area (Å²) < 4.78 is 20.5. The average Bonchev–Trinajstić information content (AvgIpc) is 0.811. The molecule has 0 aliphatic carbocycles. The summed E-state index contributed by atoms with van der Waals surface area (Å²) in [6.45, 7) is 0. The molecule has 0 saturated carbocycles. The van der Waals surface area contributed by atoms with Gasteiger partial charge in [0.15, 0.2) is 0 Å². The zero-order valence-electron chi connectivity index (χ0n) is 1.71. The first-order chi connectivity index (χ1) is 1.73. The van der Waals surface area contributed by atoms with Gasteiger partial charge in [-0.25, -0.2) is 0 Å². The van der Waals surface area contributed by atoms with Crippen LogP contribution in [0.2, 0.25) is 0 Å². The van der Waals surface area contributed by atoms with Crippen molar-refractivity contribution in [3.63, 3.8) is 0 Å². The molecule has 0 fully saturated rings. The fourth-order valence-electron chi connectivity index (χ4n) is 0. The van der Waals surface area contributed by atoms with Crippen LogP contribution in [0.5, 0.6) is 0 Å². The molecule has 0 aliphatic heterocycles. The third kappa shape index (κ3) is 16.3. The van der Waals surface area contributed by atoms with E-state index in [1.165, 1.54) is 0 Å². The monoisotopic (exact) mass is 99.9 g/mol. The lowest BCUT2D eigenvalue weighted by Crippen LogP contribution is -1.73. The lowest BCUT2D eigenvalue weighted by atomic mass is 18.8. The fourth-order valence-corrected chi connectivity index (χ4v) is 0. The van der Waals surface area contributed by atoms with Crippen molar-refractivity contribution in [1.29, 1.82) is 0 Å². The molecule has 0 heterocycles. The van der Waals surface area contributed by atoms with E-state index in [-0.39, 0.29) is 0 Å². The zero-order chi connectivity index (χ0) is 3.58. The van der Waals surface area contributed by atoms with Gasteiger partial charge in [-0.3, -0.25) is 0 Å². The highest BCUT2D eigenvalue weighted by Crippen LogP contribution is 1.86. The molecule has 0 saturated heterocycles. The third-order valence-corrected chi connectivity index (χ3v) is 0. The van der Waals surface area contributed by atoms with E-state index >= 15 is 0 Å². The number of hydrogen-bond acceptors (Lipinski definition) is 0. The average molecular weight is 100 g/mol. The minimum atomic E-state index is -3.67. The first kappa shape index (κ1) is 4.68. The lowest BCUT2D eigenvalue weighted by Gasteiger charge is -1.54. The molecule has 4 heteroatoms. The van der Waals surface area contributed by atoms with E-state index in [2.05, 4.69) is 10.0 Å². The molecule has 0 rings (SSSR count). The Hall–Kier alpha value is 0.682. The maximum atomic E-state index is 10.2. The van der Waals surface area contributed by atoms with Crippen molar-refractivity contribution in [3.8, 4) is 0 Å². The van der Waals surface area contributed by atoms with Crippen LogP contribution >= 0.6 is 10.0 Å². The molecule has 0 aromatic rings. The van der Waals surface area contributed by atoms with Gasteiger partial charge in [-0.05, 0) is 0 Å². The number of hydrogen-bond donors (Lipinski definition) is 0. The predicted molar refractivity (Wildman–Crippen MR) is 13.8 cm³/mol. The van der Waals surface area contributed by atoms with Crippen molar-refractivity contribution >= 4 is 24.2 Å². The second-order valence-electron chi connectivity index (χ2n) is 0.247. The normalized spacial score (nSPS) is 6.75. The quantitative estimate of drug-likeness (QED) is 0.401. The van der Waals surface area contributed by atoms with Crippen LogP contribution in [0.15, 0.2) is 0 Å². The Balaban J connectivity index is 2.32. The smallest absolute Gasteiger partial charge is 0.361 e. The van der Waals surface area contributed by atoms with E-state index in [1.54, 1.807) is 0 Å². The van der Waals surface area contributed by atoms with E-state index in [1.807, 2.05) is 0 Å². The molecular formula is AlClF2. The van der Waals surface area contributed by atoms with Crippen molar-refractivity contribution in [2.45, 2.75) is 0 Å². The molecule has 0 aliphatic rings. The van der Waals surface area contributed by atoms with E-state index in [0.29, 0.717) is 0 Å². The summed E-state index contributed by atoms with van der Waals surface area (Å²) in [5.41, 5.74) is 0. The number of halogens is 3. The van der Waals surface area contributed by atoms with Crippen LogP contribution in [0.25, 0.3) is 0 Å². The molecule has 0 atom stereocenters. The van der Waals surface area contributed by atoms with Crippen molar-refractivity contribution < 1.29 is 7.05 Å². The Morgan fingerprint density at radius 3 is 1.50 bits per heavy atom. The largest absolute Gasteiger partial charge is 0.898 e. The van der Waals surface area contributed by atoms with Crippen LogP contribution in [0.1, 0.15) is 0 Å². The SMILES string of the molecule is [F][Al]([F])[Cl]. The van der Waals surface area contributed by atoms with Gasteiger partial charge in [0.25, 0.3) is 0 Å². The van der Waals surface area contributed by atoms with Crippen molar-refractivity contribution in [3.05, 3.63) is 0 Å². The predicted octanol–water partition coefficient (Wildman–Crippen LogP) is 1.15. The molecule has 0 N–H and O–H groups in total. The summed E-state index contributed by atoms with van der Waals surface area (Å²) in [6, 6.07) is 0. The van der Waals surface area contributed by atoms with Gasteiger partial charge in [0, 0.05) is 0 Å². The number of rotatable bonds is 0. The van der Waals surface area contributed by atoms with Gasteiger partial charge in [0.1, 0.15) is 0 Å². The van der Waals surface area contributed by atoms with Gasteiger partial charge < -0.3 is 7.05 Å². The Morgan fingerprint density at radius 1 is 1.50 bits per heavy atom. The Morgan fingerprint density at radius 2 is 1.50 bits per heavy atom. The summed E-state index contributed by atoms with van der Waals surface area (Å²) in [5, 5.41) is 0. The van der Waals surface area contributed by atoms with Gasteiger partial charge in [-0.2, -0.15) is 10.0 Å². The lowest BCUT2D eigenvalue weighted by molar-refractivity contribution is 0.698. The molecule has 0 bridgehead atoms. The second kappa shape index (κ2) is 1.95. The third-order valence-electron chi connectivity index (χ3n) is 0. The van der Waals surface area contributed by atoms with Gasteiger partial charge >= 0.3 is 14.1 Å². The second-order valence-corrected chi connectivity index (χ2v) is 1.73. The minimum absolute atomic E-state index is 3.67. The Kier molecular flexibility index (Phi) is 2.29. The summed E-state index contributed by atoms with van der Waals surface area (Å²) in [5.74, 6) is 0. The highest BCUT2D eigenvalue weighted by molar-refractivity contribution is 6.98. The van der Waals surface area contributed by atoms with E-state index in [4.69, 9.17) is 0 Å². The highest BCUT2D eigenvalue weighted by atomic mass is 35.6. The molecule has 0 aromatic heterocycles. The van der Waals surface area contributed by atoms with Crippen LogP contribution in [0.4, 0.5) is 7.05 Å². The summed E-state index contributed by atoms with van der Waals surface area (Å²) in [6.07, 6.45) is 0. The first-order valence-corrected chi connectivity index (χ1v) is 3.27. The molecule has 0 radical (unpaired) electrons. The maximum absolute atomic E-state index is 10.2. The van der Waals surface area contributed by atoms with Crippen LogP contribution in [0.3, 0.4) is 0 Å². The van der Waals surface area contributed by atoms with Crippen molar-refractivity contribution in [2.75, 3.05) is 0 Å². The highest BCUT2D eigenvalue weighted by Gasteiger charge is 2.13. The minimum Gasteiger partial charge on any atom is -0.361 e. The first-order valence-electron chi connectivity index (χ1n) is 0.655. The maximum Gasteiger partial charge on any atom is 0.898 e. The molecule has 24 valence electrons. The van der Waals surface area contributed by atoms with E-state index in [0.717, 1.165) is 0 Å². The fraction of sp³-hybridized carbons (Fsp3) is 0. The van der Waals surface area contributed by atoms with Crippen LogP contribution < -0.4 is 0 Å². The Bertz CT molecular complexity index is 10.8. The van der Waals surface area contributed by atoms with Gasteiger partial charge in [-0.1, -0.05) is 0 Å². The van der Waals surface area contributed by atoms with E-state index in [9.17, 15) is 7.05 Å². The van der Waals surface area contributed by atoms with Gasteiger partial charge in [0.05, 0.1) is 0 Å². The standard InChI is InChI=1S/Al.ClH.2FH/h;3*1H/q+3;;;/p-3. The summed E-state index contributed by atoms with van der Waals surface area (Å²) in [7, 11) is 4.08. The van der Waals surface area contributed by atoms with Gasteiger partial charge in [0.2, 0.25) is 0 Å². The van der Waals surface area contributed by atoms with Crippen molar-refractivity contribution in [1.82, 2.24) is 0 Å². The van der Waals surface area contributed by atoms with Crippen LogP contribution in [-0.2, 0) is 0 Å². The van der Waals surface area contributed by atoms with Gasteiger partial charge in [-0.15, -0.1) is 0 Å². The molecule has 4 heavy (non-hydrogen) atoms. The Labute approximate surface area is 31.9 Å². The summed E-state index contributed by atoms with van der Waals surface area (Å²) >= 11 is -3.67. The molecule has 0 amide bonds.